The van der Waals surface area contributed by atoms with Gasteiger partial charge in [-0.1, -0.05) is 15.9 Å². The molecule has 20 heavy (non-hydrogen) atoms. The molecule has 2 rings (SSSR count). The van der Waals surface area contributed by atoms with Gasteiger partial charge in [-0.25, -0.2) is 8.78 Å². The SMILES string of the molecule is COc1cc(Br)cc(C)c1NCc1cc(F)cc(F)c1. The van der Waals surface area contributed by atoms with Gasteiger partial charge in [-0.15, -0.1) is 0 Å². The fourth-order valence-electron chi connectivity index (χ4n) is 2.00. The molecule has 0 amide bonds. The zero-order chi connectivity index (χ0) is 14.7. The summed E-state index contributed by atoms with van der Waals surface area (Å²) < 4.78 is 32.5. The molecule has 5 heteroatoms. The minimum atomic E-state index is -0.582. The number of halogens is 3. The molecule has 0 aliphatic carbocycles. The van der Waals surface area contributed by atoms with E-state index in [1.165, 1.54) is 12.1 Å². The molecule has 2 aromatic rings. The summed E-state index contributed by atoms with van der Waals surface area (Å²) in [5.41, 5.74) is 2.32. The van der Waals surface area contributed by atoms with Crippen molar-refractivity contribution in [3.63, 3.8) is 0 Å². The van der Waals surface area contributed by atoms with Crippen LogP contribution in [0.25, 0.3) is 0 Å². The Morgan fingerprint density at radius 1 is 1.10 bits per heavy atom. The maximum atomic E-state index is 13.1. The van der Waals surface area contributed by atoms with E-state index in [-0.39, 0.29) is 0 Å². The van der Waals surface area contributed by atoms with Gasteiger partial charge in [-0.3, -0.25) is 0 Å². The second-order valence-electron chi connectivity index (χ2n) is 4.43. The summed E-state index contributed by atoms with van der Waals surface area (Å²) in [6, 6.07) is 7.24. The summed E-state index contributed by atoms with van der Waals surface area (Å²) >= 11 is 3.40. The molecule has 106 valence electrons. The van der Waals surface area contributed by atoms with E-state index in [0.29, 0.717) is 17.9 Å². The molecular formula is C15H14BrF2NO. The van der Waals surface area contributed by atoms with E-state index in [1.54, 1.807) is 7.11 Å². The van der Waals surface area contributed by atoms with Crippen LogP contribution in [0.5, 0.6) is 5.75 Å². The normalized spacial score (nSPS) is 10.4. The van der Waals surface area contributed by atoms with Gasteiger partial charge in [0.15, 0.2) is 0 Å². The Bertz CT molecular complexity index is 611. The lowest BCUT2D eigenvalue weighted by Gasteiger charge is -2.14. The highest BCUT2D eigenvalue weighted by Gasteiger charge is 2.08. The second kappa shape index (κ2) is 6.22. The van der Waals surface area contributed by atoms with Crippen molar-refractivity contribution in [2.45, 2.75) is 13.5 Å². The zero-order valence-corrected chi connectivity index (χ0v) is 12.7. The number of hydrogen-bond donors (Lipinski definition) is 1. The minimum absolute atomic E-state index is 0.313. The van der Waals surface area contributed by atoms with Crippen molar-refractivity contribution in [3.05, 3.63) is 57.6 Å². The van der Waals surface area contributed by atoms with Crippen LogP contribution in [-0.4, -0.2) is 7.11 Å². The molecule has 0 fully saturated rings. The predicted octanol–water partition coefficient (Wildman–Crippen LogP) is 4.66. The predicted molar refractivity (Wildman–Crippen MR) is 79.1 cm³/mol. The van der Waals surface area contributed by atoms with Crippen molar-refractivity contribution in [1.82, 2.24) is 0 Å². The molecule has 0 bridgehead atoms. The minimum Gasteiger partial charge on any atom is -0.495 e. The number of methoxy groups -OCH3 is 1. The summed E-state index contributed by atoms with van der Waals surface area (Å²) in [5, 5.41) is 3.15. The second-order valence-corrected chi connectivity index (χ2v) is 5.35. The summed E-state index contributed by atoms with van der Waals surface area (Å²) in [7, 11) is 1.58. The maximum absolute atomic E-state index is 13.1. The Kier molecular flexibility index (Phi) is 4.60. The van der Waals surface area contributed by atoms with Crippen LogP contribution in [0.4, 0.5) is 14.5 Å². The van der Waals surface area contributed by atoms with E-state index in [4.69, 9.17) is 4.74 Å². The molecule has 0 aliphatic heterocycles. The monoisotopic (exact) mass is 341 g/mol. The third kappa shape index (κ3) is 3.48. The molecule has 0 saturated heterocycles. The van der Waals surface area contributed by atoms with Crippen LogP contribution in [-0.2, 0) is 6.54 Å². The first-order valence-corrected chi connectivity index (χ1v) is 6.82. The number of hydrogen-bond acceptors (Lipinski definition) is 2. The van der Waals surface area contributed by atoms with Crippen LogP contribution >= 0.6 is 15.9 Å². The van der Waals surface area contributed by atoms with Gasteiger partial charge in [0.05, 0.1) is 12.8 Å². The van der Waals surface area contributed by atoms with Crippen LogP contribution in [0.3, 0.4) is 0 Å². The quantitative estimate of drug-likeness (QED) is 0.873. The van der Waals surface area contributed by atoms with E-state index in [2.05, 4.69) is 21.2 Å². The van der Waals surface area contributed by atoms with E-state index >= 15 is 0 Å². The largest absolute Gasteiger partial charge is 0.495 e. The summed E-state index contributed by atoms with van der Waals surface area (Å²) in [6.45, 7) is 2.25. The molecule has 0 unspecified atom stereocenters. The van der Waals surface area contributed by atoms with Crippen molar-refractivity contribution in [1.29, 1.82) is 0 Å². The summed E-state index contributed by atoms with van der Waals surface area (Å²) in [6.07, 6.45) is 0. The van der Waals surface area contributed by atoms with Gasteiger partial charge in [0, 0.05) is 17.1 Å². The van der Waals surface area contributed by atoms with Gasteiger partial charge < -0.3 is 10.1 Å². The first-order chi connectivity index (χ1) is 9.49. The smallest absolute Gasteiger partial charge is 0.143 e. The number of aryl methyl sites for hydroxylation is 1. The highest BCUT2D eigenvalue weighted by atomic mass is 79.9. The van der Waals surface area contributed by atoms with Crippen molar-refractivity contribution in [3.8, 4) is 5.75 Å². The van der Waals surface area contributed by atoms with Gasteiger partial charge in [-0.2, -0.15) is 0 Å². The highest BCUT2D eigenvalue weighted by Crippen LogP contribution is 2.32. The molecule has 1 N–H and O–H groups in total. The lowest BCUT2D eigenvalue weighted by Crippen LogP contribution is -2.04. The van der Waals surface area contributed by atoms with E-state index in [9.17, 15) is 8.78 Å². The van der Waals surface area contributed by atoms with Crippen molar-refractivity contribution < 1.29 is 13.5 Å². The van der Waals surface area contributed by atoms with E-state index in [1.807, 2.05) is 19.1 Å². The third-order valence-corrected chi connectivity index (χ3v) is 3.33. The molecule has 0 heterocycles. The molecule has 0 saturated carbocycles. The van der Waals surface area contributed by atoms with Gasteiger partial charge in [0.2, 0.25) is 0 Å². The van der Waals surface area contributed by atoms with Crippen LogP contribution in [0.1, 0.15) is 11.1 Å². The zero-order valence-electron chi connectivity index (χ0n) is 11.1. The lowest BCUT2D eigenvalue weighted by molar-refractivity contribution is 0.416. The van der Waals surface area contributed by atoms with Gasteiger partial charge in [0.1, 0.15) is 17.4 Å². The highest BCUT2D eigenvalue weighted by molar-refractivity contribution is 9.10. The summed E-state index contributed by atoms with van der Waals surface area (Å²) in [5.74, 6) is -0.490. The third-order valence-electron chi connectivity index (χ3n) is 2.88. The Labute approximate surface area is 124 Å². The molecular weight excluding hydrogens is 328 g/mol. The average Bonchev–Trinajstić information content (AvgIpc) is 2.35. The molecule has 0 radical (unpaired) electrons. The Morgan fingerprint density at radius 2 is 1.75 bits per heavy atom. The number of benzene rings is 2. The Balaban J connectivity index is 2.22. The fourth-order valence-corrected chi connectivity index (χ4v) is 2.55. The maximum Gasteiger partial charge on any atom is 0.143 e. The first kappa shape index (κ1) is 14.8. The van der Waals surface area contributed by atoms with Crippen molar-refractivity contribution in [2.24, 2.45) is 0 Å². The average molecular weight is 342 g/mol. The molecule has 0 aliphatic rings. The fraction of sp³-hybridized carbons (Fsp3) is 0.200. The molecule has 0 aromatic heterocycles. The summed E-state index contributed by atoms with van der Waals surface area (Å²) in [4.78, 5) is 0. The van der Waals surface area contributed by atoms with Gasteiger partial charge in [0.25, 0.3) is 0 Å². The van der Waals surface area contributed by atoms with Crippen LogP contribution in [0, 0.1) is 18.6 Å². The number of nitrogens with one attached hydrogen (secondary N) is 1. The van der Waals surface area contributed by atoms with Crippen LogP contribution < -0.4 is 10.1 Å². The van der Waals surface area contributed by atoms with E-state index < -0.39 is 11.6 Å². The number of ether oxygens (including phenoxy) is 1. The molecule has 0 atom stereocenters. The topological polar surface area (TPSA) is 21.3 Å². The van der Waals surface area contributed by atoms with Gasteiger partial charge >= 0.3 is 0 Å². The lowest BCUT2D eigenvalue weighted by atomic mass is 10.1. The first-order valence-electron chi connectivity index (χ1n) is 6.02. The van der Waals surface area contributed by atoms with Gasteiger partial charge in [-0.05, 0) is 42.3 Å². The molecule has 2 nitrogen and oxygen atoms in total. The van der Waals surface area contributed by atoms with Crippen molar-refractivity contribution in [2.75, 3.05) is 12.4 Å². The van der Waals surface area contributed by atoms with Crippen LogP contribution in [0.2, 0.25) is 0 Å². The molecule has 2 aromatic carbocycles. The number of rotatable bonds is 4. The van der Waals surface area contributed by atoms with E-state index in [0.717, 1.165) is 21.8 Å². The molecule has 0 spiro atoms. The van der Waals surface area contributed by atoms with Crippen LogP contribution in [0.15, 0.2) is 34.8 Å². The van der Waals surface area contributed by atoms with Crippen molar-refractivity contribution >= 4 is 21.6 Å². The Hall–Kier alpha value is -1.62. The number of anilines is 1. The Morgan fingerprint density at radius 3 is 2.35 bits per heavy atom. The standard InChI is InChI=1S/C15H14BrF2NO/c1-9-3-11(16)6-14(20-2)15(9)19-8-10-4-12(17)7-13(18)5-10/h3-7,19H,8H2,1-2H3.